The molecule has 4 rings (SSSR count). The zero-order valence-electron chi connectivity index (χ0n) is 15.3. The number of oxime groups is 1. The molecule has 1 amide bonds. The first-order chi connectivity index (χ1) is 12.0. The lowest BCUT2D eigenvalue weighted by molar-refractivity contribution is -0.145. The molecule has 0 saturated carbocycles. The maximum Gasteiger partial charge on any atom is 0.266 e. The molecule has 0 aromatic carbocycles. The fourth-order valence-electron chi connectivity index (χ4n) is 4.38. The third kappa shape index (κ3) is 2.65. The van der Waals surface area contributed by atoms with E-state index >= 15 is 0 Å². The summed E-state index contributed by atoms with van der Waals surface area (Å²) in [4.78, 5) is 30.5. The summed E-state index contributed by atoms with van der Waals surface area (Å²) in [6.45, 7) is 6.68. The smallest absolute Gasteiger partial charge is 0.266 e. The summed E-state index contributed by atoms with van der Waals surface area (Å²) < 4.78 is 0. The van der Waals surface area contributed by atoms with Gasteiger partial charge in [-0.05, 0) is 25.8 Å². The molecule has 1 saturated heterocycles. The molecule has 1 atom stereocenters. The average molecular weight is 345 g/mol. The van der Waals surface area contributed by atoms with Gasteiger partial charge in [0.2, 0.25) is 6.10 Å². The number of piperidine rings is 1. The van der Waals surface area contributed by atoms with Crippen molar-refractivity contribution in [2.24, 2.45) is 11.1 Å². The van der Waals surface area contributed by atoms with Crippen molar-refractivity contribution in [1.29, 1.82) is 0 Å². The first kappa shape index (κ1) is 16.6. The minimum atomic E-state index is -0.434. The number of likely N-dealkylation sites (N-methyl/N-ethyl adjacent to an activating group) is 1. The average Bonchev–Trinajstić information content (AvgIpc) is 3.28. The van der Waals surface area contributed by atoms with Gasteiger partial charge in [0, 0.05) is 38.2 Å². The van der Waals surface area contributed by atoms with Crippen LogP contribution in [0.5, 0.6) is 0 Å². The van der Waals surface area contributed by atoms with E-state index in [0.717, 1.165) is 44.6 Å². The quantitative estimate of drug-likeness (QED) is 0.882. The van der Waals surface area contributed by atoms with Crippen LogP contribution < -0.4 is 0 Å². The molecule has 7 heteroatoms. The molecule has 0 radical (unpaired) electrons. The first-order valence-electron chi connectivity index (χ1n) is 9.26. The molecule has 1 aromatic heterocycles. The molecule has 25 heavy (non-hydrogen) atoms. The molecule has 1 spiro atoms. The van der Waals surface area contributed by atoms with Crippen molar-refractivity contribution in [2.75, 3.05) is 26.7 Å². The normalized spacial score (nSPS) is 25.8. The molecule has 0 bridgehead atoms. The summed E-state index contributed by atoms with van der Waals surface area (Å²) in [7, 11) is 2.18. The predicted molar refractivity (Wildman–Crippen MR) is 94.2 cm³/mol. The fourth-order valence-corrected chi connectivity index (χ4v) is 4.38. The van der Waals surface area contributed by atoms with Gasteiger partial charge in [-0.3, -0.25) is 9.69 Å². The topological polar surface area (TPSA) is 73.8 Å². The van der Waals surface area contributed by atoms with Crippen LogP contribution in [-0.2, 0) is 21.6 Å². The Bertz CT molecular complexity index is 687. The molecule has 1 unspecified atom stereocenters. The number of carbonyl (C=O) groups is 1. The van der Waals surface area contributed by atoms with Crippen LogP contribution in [0, 0.1) is 5.92 Å². The Morgan fingerprint density at radius 3 is 2.80 bits per heavy atom. The van der Waals surface area contributed by atoms with Crippen molar-refractivity contribution in [3.63, 3.8) is 0 Å². The highest BCUT2D eigenvalue weighted by molar-refractivity contribution is 5.93. The van der Waals surface area contributed by atoms with Crippen molar-refractivity contribution in [3.8, 4) is 0 Å². The van der Waals surface area contributed by atoms with Gasteiger partial charge in [-0.1, -0.05) is 19.0 Å². The second-order valence-corrected chi connectivity index (χ2v) is 7.79. The summed E-state index contributed by atoms with van der Waals surface area (Å²) in [5.74, 6) is 0.409. The number of aromatic amines is 1. The number of aromatic nitrogens is 2. The van der Waals surface area contributed by atoms with E-state index in [9.17, 15) is 4.79 Å². The van der Waals surface area contributed by atoms with Crippen molar-refractivity contribution < 1.29 is 9.63 Å². The number of carbonyl (C=O) groups excluding carboxylic acids is 1. The van der Waals surface area contributed by atoms with E-state index in [0.29, 0.717) is 12.3 Å². The van der Waals surface area contributed by atoms with Crippen LogP contribution in [0.2, 0.25) is 0 Å². The van der Waals surface area contributed by atoms with Crippen LogP contribution in [-0.4, -0.2) is 64.2 Å². The van der Waals surface area contributed by atoms with Crippen molar-refractivity contribution in [3.05, 3.63) is 17.7 Å². The summed E-state index contributed by atoms with van der Waals surface area (Å²) in [5, 5.41) is 4.10. The predicted octanol–water partition coefficient (Wildman–Crippen LogP) is 1.52. The van der Waals surface area contributed by atoms with Crippen LogP contribution in [0.25, 0.3) is 0 Å². The molecule has 136 valence electrons. The van der Waals surface area contributed by atoms with E-state index < -0.39 is 6.10 Å². The van der Waals surface area contributed by atoms with Crippen molar-refractivity contribution in [2.45, 2.75) is 51.2 Å². The standard InChI is InChI=1S/C18H27N5O2/c1-12(2)14-10-15(25-21-14)17(24)23-8-5-18(6-9-23)16-13(19-11-20-16)4-7-22(18)3/h11-12,15H,4-10H2,1-3H3,(H,19,20). The largest absolute Gasteiger partial charge is 0.382 e. The molecule has 1 fully saturated rings. The molecule has 7 nitrogen and oxygen atoms in total. The monoisotopic (exact) mass is 345 g/mol. The number of fused-ring (bicyclic) bond motifs is 2. The number of nitrogens with one attached hydrogen (secondary N) is 1. The molecule has 1 N–H and O–H groups in total. The second kappa shape index (κ2) is 6.12. The molecule has 3 aliphatic heterocycles. The number of nitrogens with zero attached hydrogens (tertiary/aromatic N) is 4. The molecule has 1 aromatic rings. The Labute approximate surface area is 148 Å². The van der Waals surface area contributed by atoms with Gasteiger partial charge in [-0.25, -0.2) is 4.98 Å². The Balaban J connectivity index is 1.43. The molecule has 3 aliphatic rings. The zero-order valence-corrected chi connectivity index (χ0v) is 15.3. The summed E-state index contributed by atoms with van der Waals surface area (Å²) in [6.07, 6.45) is 4.84. The van der Waals surface area contributed by atoms with Crippen LogP contribution in [0.3, 0.4) is 0 Å². The third-order valence-electron chi connectivity index (χ3n) is 6.12. The number of imidazole rings is 1. The summed E-state index contributed by atoms with van der Waals surface area (Å²) >= 11 is 0. The number of hydrogen-bond acceptors (Lipinski definition) is 5. The Kier molecular flexibility index (Phi) is 4.06. The van der Waals surface area contributed by atoms with E-state index in [1.54, 1.807) is 6.33 Å². The van der Waals surface area contributed by atoms with Gasteiger partial charge < -0.3 is 14.7 Å². The summed E-state index contributed by atoms with van der Waals surface area (Å²) in [6, 6.07) is 0. The minimum absolute atomic E-state index is 0.0412. The number of H-pyrrole nitrogens is 1. The Morgan fingerprint density at radius 1 is 1.36 bits per heavy atom. The van der Waals surface area contributed by atoms with Gasteiger partial charge in [-0.15, -0.1) is 0 Å². The Morgan fingerprint density at radius 2 is 2.12 bits per heavy atom. The number of amides is 1. The van der Waals surface area contributed by atoms with E-state index in [1.165, 1.54) is 11.4 Å². The van der Waals surface area contributed by atoms with E-state index in [4.69, 9.17) is 4.84 Å². The maximum atomic E-state index is 12.8. The van der Waals surface area contributed by atoms with Crippen LogP contribution >= 0.6 is 0 Å². The van der Waals surface area contributed by atoms with Crippen LogP contribution in [0.15, 0.2) is 11.5 Å². The van der Waals surface area contributed by atoms with Crippen LogP contribution in [0.4, 0.5) is 0 Å². The highest BCUT2D eigenvalue weighted by Crippen LogP contribution is 2.41. The molecule has 4 heterocycles. The van der Waals surface area contributed by atoms with Crippen LogP contribution in [0.1, 0.15) is 44.5 Å². The van der Waals surface area contributed by atoms with Gasteiger partial charge in [0.1, 0.15) is 0 Å². The maximum absolute atomic E-state index is 12.8. The fraction of sp³-hybridized carbons (Fsp3) is 0.722. The van der Waals surface area contributed by atoms with Gasteiger partial charge in [-0.2, -0.15) is 0 Å². The lowest BCUT2D eigenvalue weighted by atomic mass is 9.79. The summed E-state index contributed by atoms with van der Waals surface area (Å²) in [5.41, 5.74) is 3.38. The Hall–Kier alpha value is -1.89. The lowest BCUT2D eigenvalue weighted by Crippen LogP contribution is -2.56. The van der Waals surface area contributed by atoms with E-state index in [2.05, 4.69) is 40.9 Å². The highest BCUT2D eigenvalue weighted by Gasteiger charge is 2.46. The van der Waals surface area contributed by atoms with Gasteiger partial charge in [0.05, 0.1) is 23.3 Å². The molecular formula is C18H27N5O2. The minimum Gasteiger partial charge on any atom is -0.382 e. The second-order valence-electron chi connectivity index (χ2n) is 7.79. The third-order valence-corrected chi connectivity index (χ3v) is 6.12. The van der Waals surface area contributed by atoms with Gasteiger partial charge in [0.25, 0.3) is 5.91 Å². The molecule has 0 aliphatic carbocycles. The van der Waals surface area contributed by atoms with E-state index in [1.807, 2.05) is 4.90 Å². The number of likely N-dealkylation sites (tertiary alicyclic amines) is 1. The zero-order chi connectivity index (χ0) is 17.6. The van der Waals surface area contributed by atoms with Crippen molar-refractivity contribution >= 4 is 11.6 Å². The molecular weight excluding hydrogens is 318 g/mol. The number of hydrogen-bond donors (Lipinski definition) is 1. The van der Waals surface area contributed by atoms with Gasteiger partial charge in [0.15, 0.2) is 0 Å². The van der Waals surface area contributed by atoms with E-state index in [-0.39, 0.29) is 11.4 Å². The SMILES string of the molecule is CC(C)C1=NOC(C(=O)N2CCC3(CC2)c2nc[nH]c2CCN3C)C1. The first-order valence-corrected chi connectivity index (χ1v) is 9.26. The van der Waals surface area contributed by atoms with Gasteiger partial charge >= 0.3 is 0 Å². The number of rotatable bonds is 2. The highest BCUT2D eigenvalue weighted by atomic mass is 16.6. The van der Waals surface area contributed by atoms with Crippen molar-refractivity contribution in [1.82, 2.24) is 19.8 Å². The lowest BCUT2D eigenvalue weighted by Gasteiger charge is -2.49.